The molecular formula is C24H31N3O3. The predicted molar refractivity (Wildman–Crippen MR) is 115 cm³/mol. The van der Waals surface area contributed by atoms with Crippen molar-refractivity contribution < 1.29 is 14.3 Å². The van der Waals surface area contributed by atoms with Crippen LogP contribution in [-0.2, 0) is 11.3 Å². The number of aromatic nitrogens is 1. The van der Waals surface area contributed by atoms with Gasteiger partial charge in [-0.1, -0.05) is 6.07 Å². The normalized spacial score (nSPS) is 20.4. The SMILES string of the molecule is COC[C@@H]1CCN(C(=O)c2ccc(OC3CCN(Cc4ccccn4)CC3)cc2)C1. The Labute approximate surface area is 178 Å². The Kier molecular flexibility index (Phi) is 6.97. The van der Waals surface area contributed by atoms with Crippen LogP contribution in [0, 0.1) is 5.92 Å². The molecule has 1 atom stereocenters. The third kappa shape index (κ3) is 5.37. The third-order valence-electron chi connectivity index (χ3n) is 6.03. The molecule has 2 saturated heterocycles. The second kappa shape index (κ2) is 10.0. The van der Waals surface area contributed by atoms with E-state index in [-0.39, 0.29) is 12.0 Å². The van der Waals surface area contributed by atoms with Gasteiger partial charge in [0, 0.05) is 57.5 Å². The van der Waals surface area contributed by atoms with Crippen molar-refractivity contribution in [2.24, 2.45) is 5.92 Å². The molecule has 2 aliphatic rings. The number of benzene rings is 1. The number of pyridine rings is 1. The number of amides is 1. The maximum Gasteiger partial charge on any atom is 0.253 e. The number of rotatable bonds is 7. The molecule has 2 aliphatic heterocycles. The Morgan fingerprint density at radius 1 is 1.07 bits per heavy atom. The summed E-state index contributed by atoms with van der Waals surface area (Å²) in [7, 11) is 1.72. The molecule has 0 spiro atoms. The molecule has 3 heterocycles. The maximum atomic E-state index is 12.7. The summed E-state index contributed by atoms with van der Waals surface area (Å²) in [5.41, 5.74) is 1.84. The largest absolute Gasteiger partial charge is 0.490 e. The van der Waals surface area contributed by atoms with Crippen LogP contribution >= 0.6 is 0 Å². The summed E-state index contributed by atoms with van der Waals surface area (Å²) >= 11 is 0. The Morgan fingerprint density at radius 2 is 1.87 bits per heavy atom. The smallest absolute Gasteiger partial charge is 0.253 e. The van der Waals surface area contributed by atoms with Gasteiger partial charge < -0.3 is 14.4 Å². The first kappa shape index (κ1) is 20.8. The zero-order valence-corrected chi connectivity index (χ0v) is 17.7. The molecule has 0 aliphatic carbocycles. The molecular weight excluding hydrogens is 378 g/mol. The van der Waals surface area contributed by atoms with Crippen molar-refractivity contribution in [1.82, 2.24) is 14.8 Å². The molecule has 30 heavy (non-hydrogen) atoms. The number of ether oxygens (including phenoxy) is 2. The lowest BCUT2D eigenvalue weighted by atomic mass is 10.1. The van der Waals surface area contributed by atoms with E-state index >= 15 is 0 Å². The van der Waals surface area contributed by atoms with Gasteiger partial charge in [0.05, 0.1) is 12.3 Å². The molecule has 4 rings (SSSR count). The maximum absolute atomic E-state index is 12.7. The Balaban J connectivity index is 1.24. The highest BCUT2D eigenvalue weighted by Gasteiger charge is 2.27. The quantitative estimate of drug-likeness (QED) is 0.703. The molecule has 0 unspecified atom stereocenters. The molecule has 2 fully saturated rings. The van der Waals surface area contributed by atoms with Crippen LogP contribution in [-0.4, -0.2) is 66.7 Å². The monoisotopic (exact) mass is 409 g/mol. The molecule has 0 radical (unpaired) electrons. The van der Waals surface area contributed by atoms with Gasteiger partial charge in [-0.3, -0.25) is 14.7 Å². The molecule has 0 bridgehead atoms. The van der Waals surface area contributed by atoms with Gasteiger partial charge in [0.15, 0.2) is 0 Å². The summed E-state index contributed by atoms with van der Waals surface area (Å²) in [6.07, 6.45) is 5.09. The first-order chi connectivity index (χ1) is 14.7. The minimum Gasteiger partial charge on any atom is -0.490 e. The van der Waals surface area contributed by atoms with Crippen molar-refractivity contribution in [1.29, 1.82) is 0 Å². The zero-order valence-electron chi connectivity index (χ0n) is 17.7. The summed E-state index contributed by atoms with van der Waals surface area (Å²) in [5, 5.41) is 0. The van der Waals surface area contributed by atoms with Crippen molar-refractivity contribution >= 4 is 5.91 Å². The van der Waals surface area contributed by atoms with E-state index in [9.17, 15) is 4.79 Å². The Hall–Kier alpha value is -2.44. The number of hydrogen-bond acceptors (Lipinski definition) is 5. The van der Waals surface area contributed by atoms with Crippen molar-refractivity contribution in [3.8, 4) is 5.75 Å². The van der Waals surface area contributed by atoms with Gasteiger partial charge in [-0.05, 0) is 55.7 Å². The van der Waals surface area contributed by atoms with Gasteiger partial charge in [0.2, 0.25) is 0 Å². The second-order valence-electron chi connectivity index (χ2n) is 8.30. The Morgan fingerprint density at radius 3 is 2.57 bits per heavy atom. The first-order valence-electron chi connectivity index (χ1n) is 10.9. The van der Waals surface area contributed by atoms with Crippen LogP contribution < -0.4 is 4.74 Å². The number of likely N-dealkylation sites (tertiary alicyclic amines) is 2. The molecule has 1 aromatic carbocycles. The highest BCUT2D eigenvalue weighted by atomic mass is 16.5. The topological polar surface area (TPSA) is 54.9 Å². The molecule has 0 N–H and O–H groups in total. The number of methoxy groups -OCH3 is 1. The fourth-order valence-corrected chi connectivity index (χ4v) is 4.35. The third-order valence-corrected chi connectivity index (χ3v) is 6.03. The Bertz CT molecular complexity index is 804. The van der Waals surface area contributed by atoms with E-state index in [1.807, 2.05) is 47.5 Å². The van der Waals surface area contributed by atoms with E-state index in [4.69, 9.17) is 9.47 Å². The van der Waals surface area contributed by atoms with Crippen molar-refractivity contribution in [3.05, 3.63) is 59.9 Å². The molecule has 6 heteroatoms. The summed E-state index contributed by atoms with van der Waals surface area (Å²) in [4.78, 5) is 21.5. The lowest BCUT2D eigenvalue weighted by Crippen LogP contribution is -2.37. The number of hydrogen-bond donors (Lipinski definition) is 0. The fourth-order valence-electron chi connectivity index (χ4n) is 4.35. The molecule has 2 aromatic rings. The highest BCUT2D eigenvalue weighted by Crippen LogP contribution is 2.23. The molecule has 1 amide bonds. The van der Waals surface area contributed by atoms with Gasteiger partial charge in [0.1, 0.15) is 11.9 Å². The highest BCUT2D eigenvalue weighted by molar-refractivity contribution is 5.94. The van der Waals surface area contributed by atoms with E-state index in [1.54, 1.807) is 7.11 Å². The van der Waals surface area contributed by atoms with Crippen molar-refractivity contribution in [2.45, 2.75) is 31.9 Å². The van der Waals surface area contributed by atoms with Crippen LogP contribution in [0.5, 0.6) is 5.75 Å². The van der Waals surface area contributed by atoms with E-state index in [1.165, 1.54) is 0 Å². The van der Waals surface area contributed by atoms with E-state index in [2.05, 4.69) is 16.0 Å². The molecule has 0 saturated carbocycles. The van der Waals surface area contributed by atoms with Crippen LogP contribution in [0.1, 0.15) is 35.3 Å². The van der Waals surface area contributed by atoms with Gasteiger partial charge in [-0.15, -0.1) is 0 Å². The zero-order chi connectivity index (χ0) is 20.8. The molecule has 6 nitrogen and oxygen atoms in total. The van der Waals surface area contributed by atoms with Crippen LogP contribution in [0.3, 0.4) is 0 Å². The molecule has 160 valence electrons. The van der Waals surface area contributed by atoms with Gasteiger partial charge in [0.25, 0.3) is 5.91 Å². The summed E-state index contributed by atoms with van der Waals surface area (Å²) < 4.78 is 11.4. The van der Waals surface area contributed by atoms with Gasteiger partial charge in [-0.25, -0.2) is 0 Å². The van der Waals surface area contributed by atoms with Crippen LogP contribution in [0.4, 0.5) is 0 Å². The number of piperidine rings is 1. The molecule has 1 aromatic heterocycles. The van der Waals surface area contributed by atoms with E-state index < -0.39 is 0 Å². The summed E-state index contributed by atoms with van der Waals surface area (Å²) in [6.45, 7) is 5.22. The lowest BCUT2D eigenvalue weighted by Gasteiger charge is -2.31. The van der Waals surface area contributed by atoms with Crippen molar-refractivity contribution in [2.75, 3.05) is 39.9 Å². The van der Waals surface area contributed by atoms with E-state index in [0.29, 0.717) is 5.92 Å². The first-order valence-corrected chi connectivity index (χ1v) is 10.9. The van der Waals surface area contributed by atoms with E-state index in [0.717, 1.165) is 75.6 Å². The summed E-state index contributed by atoms with van der Waals surface area (Å²) in [6, 6.07) is 13.7. The van der Waals surface area contributed by atoms with Crippen LogP contribution in [0.25, 0.3) is 0 Å². The average Bonchev–Trinajstić information content (AvgIpc) is 3.25. The fraction of sp³-hybridized carbons (Fsp3) is 0.500. The predicted octanol–water partition coefficient (Wildman–Crippen LogP) is 3.23. The van der Waals surface area contributed by atoms with Gasteiger partial charge in [-0.2, -0.15) is 0 Å². The van der Waals surface area contributed by atoms with Crippen LogP contribution in [0.15, 0.2) is 48.7 Å². The number of carbonyl (C=O) groups excluding carboxylic acids is 1. The minimum absolute atomic E-state index is 0.1000. The minimum atomic E-state index is 0.1000. The number of nitrogens with zero attached hydrogens (tertiary/aromatic N) is 3. The van der Waals surface area contributed by atoms with Gasteiger partial charge >= 0.3 is 0 Å². The lowest BCUT2D eigenvalue weighted by molar-refractivity contribution is 0.0775. The number of carbonyl (C=O) groups is 1. The second-order valence-corrected chi connectivity index (χ2v) is 8.30. The standard InChI is InChI=1S/C24H31N3O3/c1-29-18-19-9-15-27(16-19)24(28)20-5-7-22(8-6-20)30-23-10-13-26(14-11-23)17-21-4-2-3-12-25-21/h2-8,12,19,23H,9-11,13-18H2,1H3/t19-/m1/s1. The van der Waals surface area contributed by atoms with Crippen molar-refractivity contribution in [3.63, 3.8) is 0 Å². The summed E-state index contributed by atoms with van der Waals surface area (Å²) in [5.74, 6) is 1.39. The van der Waals surface area contributed by atoms with Crippen LogP contribution in [0.2, 0.25) is 0 Å². The average molecular weight is 410 g/mol.